The highest BCUT2D eigenvalue weighted by atomic mass is 16.5. The zero-order valence-electron chi connectivity index (χ0n) is 15.8. The van der Waals surface area contributed by atoms with Gasteiger partial charge in [0.15, 0.2) is 5.82 Å². The molecule has 0 spiro atoms. The van der Waals surface area contributed by atoms with Crippen LogP contribution >= 0.6 is 0 Å². The first-order chi connectivity index (χ1) is 13.2. The van der Waals surface area contributed by atoms with Gasteiger partial charge in [-0.05, 0) is 62.4 Å². The number of ether oxygens (including phenoxy) is 1. The number of hydrogen-bond donors (Lipinski definition) is 2. The Bertz CT molecular complexity index is 847. The molecule has 1 heterocycles. The fourth-order valence-electron chi connectivity index (χ4n) is 2.71. The Hall–Kier alpha value is -3.35. The number of aromatic nitrogens is 3. The highest BCUT2D eigenvalue weighted by Gasteiger charge is 2.05. The summed E-state index contributed by atoms with van der Waals surface area (Å²) in [5.74, 6) is 1.85. The largest absolute Gasteiger partial charge is 0.497 e. The van der Waals surface area contributed by atoms with Crippen LogP contribution in [0.25, 0.3) is 0 Å². The van der Waals surface area contributed by atoms with Gasteiger partial charge in [-0.3, -0.25) is 0 Å². The van der Waals surface area contributed by atoms with Crippen LogP contribution in [0.4, 0.5) is 28.8 Å². The predicted molar refractivity (Wildman–Crippen MR) is 109 cm³/mol. The minimum Gasteiger partial charge on any atom is -0.497 e. The molecular weight excluding hydrogens is 340 g/mol. The van der Waals surface area contributed by atoms with Crippen LogP contribution in [0.5, 0.6) is 5.75 Å². The normalized spacial score (nSPS) is 10.3. The molecule has 7 nitrogen and oxygen atoms in total. The molecule has 0 aliphatic carbocycles. The summed E-state index contributed by atoms with van der Waals surface area (Å²) in [5.41, 5.74) is 3.00. The van der Waals surface area contributed by atoms with Gasteiger partial charge >= 0.3 is 0 Å². The molecule has 0 aliphatic heterocycles. The van der Waals surface area contributed by atoms with Crippen molar-refractivity contribution in [2.75, 3.05) is 35.7 Å². The van der Waals surface area contributed by atoms with Crippen LogP contribution in [0.2, 0.25) is 0 Å². The van der Waals surface area contributed by atoms with E-state index in [-0.39, 0.29) is 0 Å². The van der Waals surface area contributed by atoms with E-state index in [0.717, 1.165) is 30.2 Å². The number of hydrogen-bond acceptors (Lipinski definition) is 7. The number of methoxy groups -OCH3 is 1. The van der Waals surface area contributed by atoms with Gasteiger partial charge in [-0.15, -0.1) is 5.10 Å². The van der Waals surface area contributed by atoms with Crippen molar-refractivity contribution in [1.29, 1.82) is 0 Å². The predicted octanol–water partition coefficient (Wildman–Crippen LogP) is 4.21. The summed E-state index contributed by atoms with van der Waals surface area (Å²) in [6.45, 7) is 6.26. The number of rotatable bonds is 8. The highest BCUT2D eigenvalue weighted by molar-refractivity contribution is 5.61. The Morgan fingerprint density at radius 3 is 2.15 bits per heavy atom. The van der Waals surface area contributed by atoms with Crippen LogP contribution in [-0.2, 0) is 0 Å². The van der Waals surface area contributed by atoms with Crippen molar-refractivity contribution >= 4 is 28.8 Å². The first kappa shape index (κ1) is 18.4. The summed E-state index contributed by atoms with van der Waals surface area (Å²) < 4.78 is 5.16. The molecule has 0 saturated heterocycles. The van der Waals surface area contributed by atoms with Gasteiger partial charge in [-0.25, -0.2) is 0 Å². The van der Waals surface area contributed by atoms with Crippen LogP contribution in [0.3, 0.4) is 0 Å². The molecule has 27 heavy (non-hydrogen) atoms. The number of benzene rings is 2. The summed E-state index contributed by atoms with van der Waals surface area (Å²) >= 11 is 0. The molecule has 3 rings (SSSR count). The topological polar surface area (TPSA) is 75.2 Å². The number of nitrogens with zero attached hydrogens (tertiary/aromatic N) is 4. The lowest BCUT2D eigenvalue weighted by molar-refractivity contribution is 0.415. The van der Waals surface area contributed by atoms with E-state index < -0.39 is 0 Å². The smallest absolute Gasteiger partial charge is 0.249 e. The minimum atomic E-state index is 0.434. The zero-order valence-corrected chi connectivity index (χ0v) is 15.8. The van der Waals surface area contributed by atoms with Crippen LogP contribution < -0.4 is 20.3 Å². The Balaban J connectivity index is 1.68. The molecule has 0 bridgehead atoms. The second kappa shape index (κ2) is 8.84. The van der Waals surface area contributed by atoms with E-state index in [1.165, 1.54) is 5.69 Å². The van der Waals surface area contributed by atoms with Crippen molar-refractivity contribution in [3.05, 3.63) is 54.7 Å². The molecule has 1 aromatic heterocycles. The van der Waals surface area contributed by atoms with Crippen LogP contribution in [0, 0.1) is 0 Å². The zero-order chi connectivity index (χ0) is 19.1. The van der Waals surface area contributed by atoms with Crippen molar-refractivity contribution in [2.24, 2.45) is 0 Å². The van der Waals surface area contributed by atoms with E-state index >= 15 is 0 Å². The quantitative estimate of drug-likeness (QED) is 0.620. The molecule has 3 aromatic rings. The molecule has 0 aliphatic rings. The molecule has 0 radical (unpaired) electrons. The molecular formula is C20H24N6O. The van der Waals surface area contributed by atoms with Gasteiger partial charge in [0.05, 0.1) is 13.3 Å². The van der Waals surface area contributed by atoms with Gasteiger partial charge in [0, 0.05) is 30.2 Å². The third-order valence-electron chi connectivity index (χ3n) is 4.17. The van der Waals surface area contributed by atoms with Crippen molar-refractivity contribution < 1.29 is 4.74 Å². The van der Waals surface area contributed by atoms with Crippen LogP contribution in [-0.4, -0.2) is 35.4 Å². The molecule has 0 amide bonds. The first-order valence-electron chi connectivity index (χ1n) is 8.94. The van der Waals surface area contributed by atoms with Gasteiger partial charge in [0.2, 0.25) is 5.95 Å². The lowest BCUT2D eigenvalue weighted by atomic mass is 10.2. The number of anilines is 5. The van der Waals surface area contributed by atoms with Crippen molar-refractivity contribution in [1.82, 2.24) is 15.2 Å². The summed E-state index contributed by atoms with van der Waals surface area (Å²) in [5, 5.41) is 14.5. The van der Waals surface area contributed by atoms with Crippen molar-refractivity contribution in [2.45, 2.75) is 13.8 Å². The second-order valence-electron chi connectivity index (χ2n) is 5.86. The maximum Gasteiger partial charge on any atom is 0.249 e. The maximum absolute atomic E-state index is 5.16. The van der Waals surface area contributed by atoms with E-state index in [1.54, 1.807) is 13.3 Å². The molecule has 7 heteroatoms. The van der Waals surface area contributed by atoms with E-state index in [9.17, 15) is 0 Å². The lowest BCUT2D eigenvalue weighted by Gasteiger charge is -2.21. The van der Waals surface area contributed by atoms with E-state index in [4.69, 9.17) is 4.74 Å². The van der Waals surface area contributed by atoms with Crippen molar-refractivity contribution in [3.8, 4) is 5.75 Å². The molecule has 2 N–H and O–H groups in total. The van der Waals surface area contributed by atoms with E-state index in [0.29, 0.717) is 11.8 Å². The third-order valence-corrected chi connectivity index (χ3v) is 4.17. The van der Waals surface area contributed by atoms with Crippen LogP contribution in [0.1, 0.15) is 13.8 Å². The molecule has 0 saturated carbocycles. The molecule has 2 aromatic carbocycles. The molecule has 0 unspecified atom stereocenters. The van der Waals surface area contributed by atoms with Gasteiger partial charge in [0.1, 0.15) is 5.75 Å². The lowest BCUT2D eigenvalue weighted by Crippen LogP contribution is -2.21. The Kier molecular flexibility index (Phi) is 6.04. The van der Waals surface area contributed by atoms with Gasteiger partial charge in [-0.1, -0.05) is 0 Å². The van der Waals surface area contributed by atoms with Gasteiger partial charge < -0.3 is 20.3 Å². The second-order valence-corrected chi connectivity index (χ2v) is 5.86. The molecule has 0 fully saturated rings. The molecule has 140 valence electrons. The number of nitrogens with one attached hydrogen (secondary N) is 2. The summed E-state index contributed by atoms with van der Waals surface area (Å²) in [4.78, 5) is 6.75. The fraction of sp³-hybridized carbons (Fsp3) is 0.250. The summed E-state index contributed by atoms with van der Waals surface area (Å²) in [6.07, 6.45) is 1.58. The first-order valence-corrected chi connectivity index (χ1v) is 8.94. The average molecular weight is 364 g/mol. The standard InChI is InChI=1S/C20H24N6O/c1-4-26(5-2)17-10-6-16(7-11-17)23-20-24-19(14-21-25-20)22-15-8-12-18(27-3)13-9-15/h6-14H,4-5H2,1-3H3,(H2,22,23,24,25). The van der Waals surface area contributed by atoms with Gasteiger partial charge in [0.25, 0.3) is 0 Å². The van der Waals surface area contributed by atoms with Crippen LogP contribution in [0.15, 0.2) is 54.7 Å². The van der Waals surface area contributed by atoms with Gasteiger partial charge in [-0.2, -0.15) is 10.1 Å². The summed E-state index contributed by atoms with van der Waals surface area (Å²) in [7, 11) is 1.64. The Morgan fingerprint density at radius 1 is 0.889 bits per heavy atom. The average Bonchev–Trinajstić information content (AvgIpc) is 2.71. The monoisotopic (exact) mass is 364 g/mol. The fourth-order valence-corrected chi connectivity index (χ4v) is 2.71. The Labute approximate surface area is 159 Å². The van der Waals surface area contributed by atoms with Crippen molar-refractivity contribution in [3.63, 3.8) is 0 Å². The highest BCUT2D eigenvalue weighted by Crippen LogP contribution is 2.21. The third kappa shape index (κ3) is 4.84. The van der Waals surface area contributed by atoms with E-state index in [2.05, 4.69) is 56.7 Å². The SMILES string of the molecule is CCN(CC)c1ccc(Nc2nncc(Nc3ccc(OC)cc3)n2)cc1. The summed E-state index contributed by atoms with van der Waals surface area (Å²) in [6, 6.07) is 15.8. The maximum atomic E-state index is 5.16. The molecule has 0 atom stereocenters. The minimum absolute atomic E-state index is 0.434. The Morgan fingerprint density at radius 2 is 1.52 bits per heavy atom. The van der Waals surface area contributed by atoms with E-state index in [1.807, 2.05) is 36.4 Å².